The molecule has 1 aromatic carbocycles. The van der Waals surface area contributed by atoms with Gasteiger partial charge in [0, 0.05) is 18.3 Å². The van der Waals surface area contributed by atoms with Crippen LogP contribution in [-0.2, 0) is 11.3 Å². The van der Waals surface area contributed by atoms with Gasteiger partial charge in [0.05, 0.1) is 17.3 Å². The van der Waals surface area contributed by atoms with E-state index < -0.39 is 5.97 Å². The van der Waals surface area contributed by atoms with Gasteiger partial charge in [0.25, 0.3) is 0 Å². The molecule has 3 rings (SSSR count). The number of anilines is 1. The van der Waals surface area contributed by atoms with Gasteiger partial charge >= 0.3 is 5.97 Å². The minimum Gasteiger partial charge on any atom is -0.497 e. The Bertz CT molecular complexity index is 928. The molecule has 1 N–H and O–H groups in total. The van der Waals surface area contributed by atoms with Crippen LogP contribution in [0.25, 0.3) is 10.2 Å². The van der Waals surface area contributed by atoms with E-state index in [1.165, 1.54) is 11.3 Å². The van der Waals surface area contributed by atoms with E-state index >= 15 is 0 Å². The van der Waals surface area contributed by atoms with E-state index in [1.807, 2.05) is 36.6 Å². The number of carboxylic acid groups (broad SMARTS) is 1. The molecule has 1 amide bonds. The van der Waals surface area contributed by atoms with Crippen molar-refractivity contribution in [3.63, 3.8) is 0 Å². The van der Waals surface area contributed by atoms with E-state index in [0.29, 0.717) is 12.3 Å². The maximum absolute atomic E-state index is 12.9. The zero-order chi connectivity index (χ0) is 18.0. The maximum Gasteiger partial charge on any atom is 0.352 e. The number of rotatable bonds is 6. The maximum atomic E-state index is 12.9. The molecule has 2 heterocycles. The van der Waals surface area contributed by atoms with Crippen molar-refractivity contribution in [1.82, 2.24) is 4.57 Å². The Morgan fingerprint density at radius 2 is 2.08 bits per heavy atom. The van der Waals surface area contributed by atoms with Crippen LogP contribution in [0.1, 0.15) is 17.4 Å². The lowest BCUT2D eigenvalue weighted by atomic mass is 10.2. The van der Waals surface area contributed by atoms with Crippen molar-refractivity contribution >= 4 is 39.1 Å². The minimum atomic E-state index is -1.04. The Morgan fingerprint density at radius 3 is 2.76 bits per heavy atom. The van der Waals surface area contributed by atoms with Crippen LogP contribution in [0.3, 0.4) is 0 Å². The van der Waals surface area contributed by atoms with E-state index in [4.69, 9.17) is 4.74 Å². The number of thiophene rings is 1. The first-order valence-corrected chi connectivity index (χ1v) is 8.67. The Balaban J connectivity index is 1.93. The van der Waals surface area contributed by atoms with Crippen LogP contribution < -0.4 is 9.64 Å². The molecule has 130 valence electrons. The normalized spacial score (nSPS) is 10.8. The molecule has 6 nitrogen and oxygen atoms in total. The molecular weight excluding hydrogens is 340 g/mol. The molecule has 0 fully saturated rings. The molecule has 0 saturated carbocycles. The van der Waals surface area contributed by atoms with E-state index in [0.717, 1.165) is 15.9 Å². The monoisotopic (exact) mass is 358 g/mol. The number of aromatic carboxylic acids is 1. The van der Waals surface area contributed by atoms with Gasteiger partial charge < -0.3 is 19.3 Å². The van der Waals surface area contributed by atoms with Gasteiger partial charge in [-0.15, -0.1) is 11.3 Å². The topological polar surface area (TPSA) is 71.8 Å². The van der Waals surface area contributed by atoms with Gasteiger partial charge in [-0.25, -0.2) is 4.79 Å². The highest BCUT2D eigenvalue weighted by Crippen LogP contribution is 2.26. The van der Waals surface area contributed by atoms with Crippen LogP contribution in [-0.4, -0.2) is 35.2 Å². The summed E-state index contributed by atoms with van der Waals surface area (Å²) in [7, 11) is 1.57. The average molecular weight is 358 g/mol. The van der Waals surface area contributed by atoms with Gasteiger partial charge in [0.1, 0.15) is 18.0 Å². The standard InChI is InChI=1S/C18H18N2O4S/c1-3-19(12-5-4-6-13(9-12)24-2)17(21)11-20-14-7-8-25-16(14)10-15(20)18(22)23/h4-10H,3,11H2,1-2H3,(H,22,23). The SMILES string of the molecule is CCN(C(=O)Cn1c(C(=O)O)cc2sccc21)c1cccc(OC)c1. The number of benzene rings is 1. The fourth-order valence-electron chi connectivity index (χ4n) is 2.83. The fraction of sp³-hybridized carbons (Fsp3) is 0.222. The second kappa shape index (κ2) is 6.98. The molecule has 7 heteroatoms. The van der Waals surface area contributed by atoms with Gasteiger partial charge in [0.2, 0.25) is 5.91 Å². The smallest absolute Gasteiger partial charge is 0.352 e. The summed E-state index contributed by atoms with van der Waals surface area (Å²) in [6.45, 7) is 2.32. The highest BCUT2D eigenvalue weighted by molar-refractivity contribution is 7.17. The number of likely N-dealkylation sites (N-methyl/N-ethyl adjacent to an activating group) is 1. The molecule has 0 unspecified atom stereocenters. The number of ether oxygens (including phenoxy) is 1. The summed E-state index contributed by atoms with van der Waals surface area (Å²) < 4.78 is 7.62. The molecule has 0 atom stereocenters. The van der Waals surface area contributed by atoms with E-state index in [-0.39, 0.29) is 18.1 Å². The summed E-state index contributed by atoms with van der Waals surface area (Å²) in [6.07, 6.45) is 0. The van der Waals surface area contributed by atoms with Crippen molar-refractivity contribution in [2.24, 2.45) is 0 Å². The van der Waals surface area contributed by atoms with E-state index in [9.17, 15) is 14.7 Å². The minimum absolute atomic E-state index is 0.0348. The van der Waals surface area contributed by atoms with Crippen LogP contribution in [0.5, 0.6) is 5.75 Å². The third-order valence-corrected chi connectivity index (χ3v) is 4.87. The molecule has 0 aliphatic rings. The lowest BCUT2D eigenvalue weighted by molar-refractivity contribution is -0.119. The van der Waals surface area contributed by atoms with E-state index in [1.54, 1.807) is 28.7 Å². The quantitative estimate of drug-likeness (QED) is 0.732. The molecule has 25 heavy (non-hydrogen) atoms. The molecule has 0 aliphatic heterocycles. The zero-order valence-electron chi connectivity index (χ0n) is 13.9. The molecule has 0 aliphatic carbocycles. The van der Waals surface area contributed by atoms with Gasteiger partial charge in [-0.05, 0) is 36.6 Å². The van der Waals surface area contributed by atoms with Gasteiger partial charge in [-0.3, -0.25) is 4.79 Å². The van der Waals surface area contributed by atoms with Crippen molar-refractivity contribution in [3.05, 3.63) is 47.5 Å². The van der Waals surface area contributed by atoms with E-state index in [2.05, 4.69) is 0 Å². The van der Waals surface area contributed by atoms with Crippen LogP contribution in [0.4, 0.5) is 5.69 Å². The first kappa shape index (κ1) is 17.0. The molecule has 0 bridgehead atoms. The number of nitrogens with zero attached hydrogens (tertiary/aromatic N) is 2. The zero-order valence-corrected chi connectivity index (χ0v) is 14.7. The third-order valence-electron chi connectivity index (χ3n) is 4.02. The van der Waals surface area contributed by atoms with Crippen LogP contribution in [0.2, 0.25) is 0 Å². The Morgan fingerprint density at radius 1 is 1.28 bits per heavy atom. The lowest BCUT2D eigenvalue weighted by Crippen LogP contribution is -2.34. The second-order valence-electron chi connectivity index (χ2n) is 5.43. The van der Waals surface area contributed by atoms with Crippen LogP contribution in [0, 0.1) is 0 Å². The summed E-state index contributed by atoms with van der Waals surface area (Å²) in [5.41, 5.74) is 1.60. The molecule has 2 aromatic heterocycles. The number of carbonyl (C=O) groups excluding carboxylic acids is 1. The number of fused-ring (bicyclic) bond motifs is 1. The molecular formula is C18H18N2O4S. The number of carboxylic acids is 1. The van der Waals surface area contributed by atoms with Crippen molar-refractivity contribution in [2.75, 3.05) is 18.6 Å². The number of hydrogen-bond acceptors (Lipinski definition) is 4. The van der Waals surface area contributed by atoms with Crippen molar-refractivity contribution < 1.29 is 19.4 Å². The van der Waals surface area contributed by atoms with Crippen molar-refractivity contribution in [1.29, 1.82) is 0 Å². The third kappa shape index (κ3) is 3.23. The average Bonchev–Trinajstić information content (AvgIpc) is 3.18. The Hall–Kier alpha value is -2.80. The van der Waals surface area contributed by atoms with Crippen LogP contribution >= 0.6 is 11.3 Å². The predicted octanol–water partition coefficient (Wildman–Crippen LogP) is 3.46. The van der Waals surface area contributed by atoms with Crippen molar-refractivity contribution in [3.8, 4) is 5.75 Å². The fourth-order valence-corrected chi connectivity index (χ4v) is 3.65. The first-order chi connectivity index (χ1) is 12.0. The number of hydrogen-bond donors (Lipinski definition) is 1. The first-order valence-electron chi connectivity index (χ1n) is 7.79. The number of aromatic nitrogens is 1. The lowest BCUT2D eigenvalue weighted by Gasteiger charge is -2.22. The Kier molecular flexibility index (Phi) is 4.76. The number of methoxy groups -OCH3 is 1. The summed E-state index contributed by atoms with van der Waals surface area (Å²) in [4.78, 5) is 26.0. The Labute approximate surface area is 148 Å². The summed E-state index contributed by atoms with van der Waals surface area (Å²) >= 11 is 1.46. The molecule has 3 aromatic rings. The van der Waals surface area contributed by atoms with Gasteiger partial charge in [0.15, 0.2) is 0 Å². The van der Waals surface area contributed by atoms with Gasteiger partial charge in [-0.2, -0.15) is 0 Å². The number of amides is 1. The highest BCUT2D eigenvalue weighted by atomic mass is 32.1. The molecule has 0 spiro atoms. The number of carbonyl (C=O) groups is 2. The van der Waals surface area contributed by atoms with Crippen molar-refractivity contribution in [2.45, 2.75) is 13.5 Å². The molecule has 0 saturated heterocycles. The molecule has 0 radical (unpaired) electrons. The largest absolute Gasteiger partial charge is 0.497 e. The summed E-state index contributed by atoms with van der Waals surface area (Å²) in [5, 5.41) is 11.3. The van der Waals surface area contributed by atoms with Gasteiger partial charge in [-0.1, -0.05) is 6.07 Å². The predicted molar refractivity (Wildman–Crippen MR) is 97.8 cm³/mol. The van der Waals surface area contributed by atoms with Crippen LogP contribution in [0.15, 0.2) is 41.8 Å². The summed E-state index contributed by atoms with van der Waals surface area (Å²) in [6, 6.07) is 10.7. The second-order valence-corrected chi connectivity index (χ2v) is 6.38. The summed E-state index contributed by atoms with van der Waals surface area (Å²) in [5.74, 6) is -0.557. The highest BCUT2D eigenvalue weighted by Gasteiger charge is 2.21.